The molecule has 1 aliphatic heterocycles. The maximum atomic E-state index is 6.19. The lowest BCUT2D eigenvalue weighted by Gasteiger charge is -2.09. The number of benzene rings is 1. The minimum absolute atomic E-state index is 0.601. The van der Waals surface area contributed by atoms with Gasteiger partial charge in [-0.1, -0.05) is 23.7 Å². The number of nitrogen functional groups attached to an aromatic ring is 1. The van der Waals surface area contributed by atoms with Gasteiger partial charge in [0.1, 0.15) is 0 Å². The normalized spacial score (nSPS) is 15.2. The molecule has 0 atom stereocenters. The van der Waals surface area contributed by atoms with Crippen LogP contribution in [0, 0.1) is 0 Å². The zero-order valence-corrected chi connectivity index (χ0v) is 10.3. The second-order valence-corrected chi connectivity index (χ2v) is 4.75. The van der Waals surface area contributed by atoms with Gasteiger partial charge in [0.05, 0.1) is 16.4 Å². The first-order valence-electron chi connectivity index (χ1n) is 5.46. The van der Waals surface area contributed by atoms with Crippen molar-refractivity contribution in [2.45, 2.75) is 13.1 Å². The summed E-state index contributed by atoms with van der Waals surface area (Å²) >= 11 is 6.19. The molecule has 0 fully saturated rings. The van der Waals surface area contributed by atoms with Crippen molar-refractivity contribution in [2.24, 2.45) is 0 Å². The fourth-order valence-corrected chi connectivity index (χ4v) is 2.46. The Hall–Kier alpha value is -1.52. The van der Waals surface area contributed by atoms with Crippen molar-refractivity contribution in [1.82, 2.24) is 14.7 Å². The smallest absolute Gasteiger partial charge is 0.150 e. The van der Waals surface area contributed by atoms with E-state index in [1.165, 1.54) is 0 Å². The third kappa shape index (κ3) is 1.61. The summed E-state index contributed by atoms with van der Waals surface area (Å²) in [7, 11) is 2.07. The van der Waals surface area contributed by atoms with E-state index >= 15 is 0 Å². The number of para-hydroxylation sites is 1. The number of nitrogens with zero attached hydrogens (tertiary/aromatic N) is 3. The fraction of sp³-hybridized carbons (Fsp3) is 0.250. The van der Waals surface area contributed by atoms with Gasteiger partial charge < -0.3 is 5.73 Å². The summed E-state index contributed by atoms with van der Waals surface area (Å²) in [5.74, 6) is 0.601. The van der Waals surface area contributed by atoms with E-state index in [9.17, 15) is 0 Å². The first-order chi connectivity index (χ1) is 8.16. The third-order valence-corrected chi connectivity index (χ3v) is 3.37. The largest absolute Gasteiger partial charge is 0.382 e. The van der Waals surface area contributed by atoms with Crippen molar-refractivity contribution in [3.8, 4) is 5.69 Å². The van der Waals surface area contributed by atoms with Gasteiger partial charge in [0, 0.05) is 18.7 Å². The molecule has 88 valence electrons. The summed E-state index contributed by atoms with van der Waals surface area (Å²) in [6.07, 6.45) is 0. The summed E-state index contributed by atoms with van der Waals surface area (Å²) in [6, 6.07) is 7.67. The number of fused-ring (bicyclic) bond motifs is 1. The Morgan fingerprint density at radius 1 is 1.29 bits per heavy atom. The number of hydrogen-bond donors (Lipinski definition) is 1. The summed E-state index contributed by atoms with van der Waals surface area (Å²) < 4.78 is 1.86. The average molecular weight is 249 g/mol. The van der Waals surface area contributed by atoms with Gasteiger partial charge >= 0.3 is 0 Å². The number of nitrogens with two attached hydrogens (primary N) is 1. The quantitative estimate of drug-likeness (QED) is 0.840. The van der Waals surface area contributed by atoms with E-state index in [1.54, 1.807) is 0 Å². The molecule has 0 saturated heterocycles. The highest BCUT2D eigenvalue weighted by molar-refractivity contribution is 6.32. The molecule has 0 bridgehead atoms. The van der Waals surface area contributed by atoms with Gasteiger partial charge in [-0.2, -0.15) is 0 Å². The lowest BCUT2D eigenvalue weighted by atomic mass is 10.2. The number of aromatic nitrogens is 2. The second kappa shape index (κ2) is 3.75. The van der Waals surface area contributed by atoms with E-state index in [4.69, 9.17) is 17.3 Å². The molecule has 0 spiro atoms. The van der Waals surface area contributed by atoms with Crippen LogP contribution in [0.5, 0.6) is 0 Å². The summed E-state index contributed by atoms with van der Waals surface area (Å²) in [5.41, 5.74) is 9.08. The molecule has 2 heterocycles. The number of halogens is 1. The van der Waals surface area contributed by atoms with Crippen molar-refractivity contribution < 1.29 is 0 Å². The van der Waals surface area contributed by atoms with Crippen molar-refractivity contribution in [3.05, 3.63) is 40.5 Å². The van der Waals surface area contributed by atoms with Gasteiger partial charge in [0.2, 0.25) is 0 Å². The van der Waals surface area contributed by atoms with Crippen molar-refractivity contribution in [3.63, 3.8) is 0 Å². The van der Waals surface area contributed by atoms with Crippen LogP contribution < -0.4 is 5.73 Å². The van der Waals surface area contributed by atoms with E-state index < -0.39 is 0 Å². The van der Waals surface area contributed by atoms with Gasteiger partial charge in [-0.25, -0.2) is 4.68 Å². The Labute approximate surface area is 105 Å². The Morgan fingerprint density at radius 2 is 2.06 bits per heavy atom. The summed E-state index contributed by atoms with van der Waals surface area (Å²) in [6.45, 7) is 1.70. The Balaban J connectivity index is 2.18. The molecule has 17 heavy (non-hydrogen) atoms. The van der Waals surface area contributed by atoms with Crippen molar-refractivity contribution in [1.29, 1.82) is 0 Å². The topological polar surface area (TPSA) is 47.1 Å². The average Bonchev–Trinajstić information content (AvgIpc) is 2.80. The molecule has 4 nitrogen and oxygen atoms in total. The first-order valence-corrected chi connectivity index (χ1v) is 5.84. The summed E-state index contributed by atoms with van der Waals surface area (Å²) in [4.78, 5) is 2.20. The van der Waals surface area contributed by atoms with Gasteiger partial charge in [0.15, 0.2) is 5.82 Å². The van der Waals surface area contributed by atoms with Crippen molar-refractivity contribution >= 4 is 17.4 Å². The van der Waals surface area contributed by atoms with E-state index in [0.717, 1.165) is 30.0 Å². The third-order valence-electron chi connectivity index (χ3n) is 3.05. The number of hydrogen-bond acceptors (Lipinski definition) is 3. The van der Waals surface area contributed by atoms with Gasteiger partial charge in [-0.15, -0.1) is 5.10 Å². The lowest BCUT2D eigenvalue weighted by Crippen LogP contribution is -2.12. The van der Waals surface area contributed by atoms with E-state index in [-0.39, 0.29) is 0 Å². The molecule has 2 N–H and O–H groups in total. The van der Waals surface area contributed by atoms with Crippen LogP contribution in [-0.2, 0) is 13.1 Å². The zero-order valence-electron chi connectivity index (χ0n) is 9.52. The molecule has 5 heteroatoms. The van der Waals surface area contributed by atoms with Crippen LogP contribution in [-0.4, -0.2) is 21.7 Å². The standard InChI is InChI=1S/C12H13ClN4/c1-16-6-8-11(7-16)17(15-12(8)14)10-5-3-2-4-9(10)13/h2-5H,6-7H2,1H3,(H2,14,15). The van der Waals surface area contributed by atoms with Gasteiger partial charge in [-0.3, -0.25) is 4.90 Å². The van der Waals surface area contributed by atoms with E-state index in [2.05, 4.69) is 17.0 Å². The molecule has 0 unspecified atom stereocenters. The van der Waals surface area contributed by atoms with Crippen molar-refractivity contribution in [2.75, 3.05) is 12.8 Å². The molecule has 0 saturated carbocycles. The Morgan fingerprint density at radius 3 is 2.82 bits per heavy atom. The van der Waals surface area contributed by atoms with Gasteiger partial charge in [0.25, 0.3) is 0 Å². The molecular weight excluding hydrogens is 236 g/mol. The van der Waals surface area contributed by atoms with Crippen LogP contribution in [0.25, 0.3) is 5.69 Å². The van der Waals surface area contributed by atoms with Gasteiger partial charge in [-0.05, 0) is 19.2 Å². The van der Waals surface area contributed by atoms with Crippen LogP contribution >= 0.6 is 11.6 Å². The van der Waals surface area contributed by atoms with Crippen LogP contribution in [0.2, 0.25) is 5.02 Å². The number of rotatable bonds is 1. The zero-order chi connectivity index (χ0) is 12.0. The highest BCUT2D eigenvalue weighted by atomic mass is 35.5. The molecule has 3 rings (SSSR count). The molecule has 0 radical (unpaired) electrons. The first kappa shape index (κ1) is 10.6. The minimum Gasteiger partial charge on any atom is -0.382 e. The highest BCUT2D eigenvalue weighted by Crippen LogP contribution is 2.30. The predicted molar refractivity (Wildman–Crippen MR) is 68.2 cm³/mol. The Kier molecular flexibility index (Phi) is 2.34. The second-order valence-electron chi connectivity index (χ2n) is 4.35. The molecule has 0 aliphatic carbocycles. The van der Waals surface area contributed by atoms with Crippen LogP contribution in [0.3, 0.4) is 0 Å². The molecule has 1 aromatic carbocycles. The van der Waals surface area contributed by atoms with E-state index in [1.807, 2.05) is 28.9 Å². The molecule has 1 aliphatic rings. The predicted octanol–water partition coefficient (Wildman–Crippen LogP) is 2.05. The fourth-order valence-electron chi connectivity index (χ4n) is 2.24. The SMILES string of the molecule is CN1Cc2c(N)nn(-c3ccccc3Cl)c2C1. The highest BCUT2D eigenvalue weighted by Gasteiger charge is 2.25. The lowest BCUT2D eigenvalue weighted by molar-refractivity contribution is 0.346. The maximum absolute atomic E-state index is 6.19. The minimum atomic E-state index is 0.601. The monoisotopic (exact) mass is 248 g/mol. The number of anilines is 1. The molecular formula is C12H13ClN4. The van der Waals surface area contributed by atoms with Crippen LogP contribution in [0.1, 0.15) is 11.3 Å². The van der Waals surface area contributed by atoms with E-state index in [0.29, 0.717) is 10.8 Å². The van der Waals surface area contributed by atoms with Crippen LogP contribution in [0.4, 0.5) is 5.82 Å². The Bertz CT molecular complexity index is 576. The molecule has 1 aromatic heterocycles. The maximum Gasteiger partial charge on any atom is 0.150 e. The molecule has 0 amide bonds. The van der Waals surface area contributed by atoms with Crippen LogP contribution in [0.15, 0.2) is 24.3 Å². The summed E-state index contributed by atoms with van der Waals surface area (Å²) in [5, 5.41) is 5.07. The molecule has 2 aromatic rings.